The molecule has 2 aromatic heterocycles. The van der Waals surface area contributed by atoms with Gasteiger partial charge in [0.05, 0.1) is 16.1 Å². The zero-order valence-corrected chi connectivity index (χ0v) is 8.84. The van der Waals surface area contributed by atoms with Crippen molar-refractivity contribution in [2.75, 3.05) is 5.73 Å². The van der Waals surface area contributed by atoms with E-state index in [4.69, 9.17) is 10.2 Å². The molecular weight excluding hydrogens is 198 g/mol. The topological polar surface area (TPSA) is 64.9 Å². The van der Waals surface area contributed by atoms with Crippen molar-refractivity contribution in [1.82, 2.24) is 9.97 Å². The summed E-state index contributed by atoms with van der Waals surface area (Å²) in [6, 6.07) is 0.194. The Morgan fingerprint density at radius 1 is 1.36 bits per heavy atom. The maximum absolute atomic E-state index is 5.39. The van der Waals surface area contributed by atoms with E-state index in [1.807, 2.05) is 0 Å². The van der Waals surface area contributed by atoms with Crippen LogP contribution >= 0.6 is 11.3 Å². The van der Waals surface area contributed by atoms with Gasteiger partial charge in [-0.2, -0.15) is 0 Å². The number of nitrogen functional groups attached to an aromatic ring is 1. The molecule has 0 fully saturated rings. The van der Waals surface area contributed by atoms with Crippen molar-refractivity contribution < 1.29 is 4.42 Å². The number of oxazole rings is 1. The lowest BCUT2D eigenvalue weighted by Crippen LogP contribution is -1.81. The van der Waals surface area contributed by atoms with Gasteiger partial charge < -0.3 is 10.2 Å². The third-order valence-corrected chi connectivity index (χ3v) is 3.10. The van der Waals surface area contributed by atoms with Gasteiger partial charge in [0.15, 0.2) is 5.76 Å². The van der Waals surface area contributed by atoms with Crippen LogP contribution in [0.4, 0.5) is 6.01 Å². The first kappa shape index (κ1) is 9.21. The number of anilines is 1. The second-order valence-electron chi connectivity index (χ2n) is 3.28. The van der Waals surface area contributed by atoms with Crippen molar-refractivity contribution in [2.24, 2.45) is 0 Å². The Labute approximate surface area is 85.8 Å². The van der Waals surface area contributed by atoms with Gasteiger partial charge >= 0.3 is 0 Å². The molecule has 74 valence electrons. The van der Waals surface area contributed by atoms with Crippen molar-refractivity contribution in [3.8, 4) is 10.6 Å². The second kappa shape index (κ2) is 3.42. The highest BCUT2D eigenvalue weighted by atomic mass is 32.1. The predicted octanol–water partition coefficient (Wildman–Crippen LogP) is 2.50. The largest absolute Gasteiger partial charge is 0.423 e. The standard InChI is InChI=1S/C9H11N3OS/c1-5(2)8-11-4-7(14-8)6-3-12-9(10)13-6/h3-5H,1-2H3,(H2,10,12). The van der Waals surface area contributed by atoms with E-state index in [0.717, 1.165) is 9.88 Å². The maximum atomic E-state index is 5.39. The summed E-state index contributed by atoms with van der Waals surface area (Å²) in [7, 11) is 0. The average molecular weight is 209 g/mol. The summed E-state index contributed by atoms with van der Waals surface area (Å²) in [5.41, 5.74) is 5.39. The van der Waals surface area contributed by atoms with Gasteiger partial charge in [0.1, 0.15) is 0 Å². The molecule has 0 aliphatic rings. The highest BCUT2D eigenvalue weighted by Gasteiger charge is 2.10. The number of nitrogens with two attached hydrogens (primary N) is 1. The van der Waals surface area contributed by atoms with Crippen LogP contribution in [0.15, 0.2) is 16.8 Å². The normalized spacial score (nSPS) is 11.1. The summed E-state index contributed by atoms with van der Waals surface area (Å²) in [4.78, 5) is 9.10. The van der Waals surface area contributed by atoms with Crippen molar-refractivity contribution in [3.05, 3.63) is 17.4 Å². The highest BCUT2D eigenvalue weighted by Crippen LogP contribution is 2.30. The fourth-order valence-corrected chi connectivity index (χ4v) is 1.94. The molecule has 5 heteroatoms. The molecule has 0 bridgehead atoms. The van der Waals surface area contributed by atoms with Gasteiger partial charge in [0.25, 0.3) is 6.01 Å². The summed E-state index contributed by atoms with van der Waals surface area (Å²) >= 11 is 1.61. The van der Waals surface area contributed by atoms with Crippen LogP contribution in [0.25, 0.3) is 10.6 Å². The third-order valence-electron chi connectivity index (χ3n) is 1.78. The van der Waals surface area contributed by atoms with E-state index in [-0.39, 0.29) is 6.01 Å². The summed E-state index contributed by atoms with van der Waals surface area (Å²) in [6.45, 7) is 4.22. The van der Waals surface area contributed by atoms with Gasteiger partial charge in [-0.25, -0.2) is 9.97 Å². The van der Waals surface area contributed by atoms with Gasteiger partial charge in [-0.05, 0) is 0 Å². The number of aromatic nitrogens is 2. The molecule has 4 nitrogen and oxygen atoms in total. The number of nitrogens with zero attached hydrogens (tertiary/aromatic N) is 2. The van der Waals surface area contributed by atoms with Crippen molar-refractivity contribution in [1.29, 1.82) is 0 Å². The minimum atomic E-state index is 0.194. The quantitative estimate of drug-likeness (QED) is 0.825. The molecule has 0 aromatic carbocycles. The Balaban J connectivity index is 2.33. The lowest BCUT2D eigenvalue weighted by atomic mass is 10.2. The first-order chi connectivity index (χ1) is 6.66. The van der Waals surface area contributed by atoms with E-state index >= 15 is 0 Å². The van der Waals surface area contributed by atoms with Crippen LogP contribution in [-0.4, -0.2) is 9.97 Å². The van der Waals surface area contributed by atoms with Gasteiger partial charge in [-0.3, -0.25) is 0 Å². The van der Waals surface area contributed by atoms with E-state index in [9.17, 15) is 0 Å². The van der Waals surface area contributed by atoms with Gasteiger partial charge in [0.2, 0.25) is 0 Å². The smallest absolute Gasteiger partial charge is 0.292 e. The molecule has 0 saturated heterocycles. The molecule has 2 heterocycles. The highest BCUT2D eigenvalue weighted by molar-refractivity contribution is 7.15. The van der Waals surface area contributed by atoms with Crippen molar-refractivity contribution in [3.63, 3.8) is 0 Å². The first-order valence-electron chi connectivity index (χ1n) is 4.34. The maximum Gasteiger partial charge on any atom is 0.292 e. The molecule has 0 atom stereocenters. The molecule has 0 unspecified atom stereocenters. The van der Waals surface area contributed by atoms with Gasteiger partial charge in [-0.15, -0.1) is 11.3 Å². The molecule has 0 radical (unpaired) electrons. The van der Waals surface area contributed by atoms with Gasteiger partial charge in [0, 0.05) is 12.1 Å². The minimum Gasteiger partial charge on any atom is -0.423 e. The minimum absolute atomic E-state index is 0.194. The number of rotatable bonds is 2. The number of hydrogen-bond donors (Lipinski definition) is 1. The molecule has 2 aromatic rings. The summed E-state index contributed by atoms with van der Waals surface area (Å²) in [5, 5.41) is 1.09. The SMILES string of the molecule is CC(C)c1ncc(-c2cnc(N)o2)s1. The van der Waals surface area contributed by atoms with Crippen LogP contribution in [0, 0.1) is 0 Å². The molecule has 0 aliphatic carbocycles. The Morgan fingerprint density at radius 3 is 2.64 bits per heavy atom. The zero-order valence-electron chi connectivity index (χ0n) is 8.02. The van der Waals surface area contributed by atoms with E-state index in [1.54, 1.807) is 23.7 Å². The molecule has 0 saturated carbocycles. The van der Waals surface area contributed by atoms with Crippen LogP contribution in [0.3, 0.4) is 0 Å². The Bertz CT molecular complexity index is 433. The molecular formula is C9H11N3OS. The van der Waals surface area contributed by atoms with Crippen LogP contribution < -0.4 is 5.73 Å². The summed E-state index contributed by atoms with van der Waals surface area (Å²) in [5.74, 6) is 1.13. The fraction of sp³-hybridized carbons (Fsp3) is 0.333. The molecule has 0 aliphatic heterocycles. The van der Waals surface area contributed by atoms with Crippen LogP contribution in [0.1, 0.15) is 24.8 Å². The molecule has 2 rings (SSSR count). The van der Waals surface area contributed by atoms with E-state index in [2.05, 4.69) is 23.8 Å². The van der Waals surface area contributed by atoms with E-state index in [0.29, 0.717) is 11.7 Å². The lowest BCUT2D eigenvalue weighted by molar-refractivity contribution is 0.596. The zero-order chi connectivity index (χ0) is 10.1. The molecule has 14 heavy (non-hydrogen) atoms. The van der Waals surface area contributed by atoms with Gasteiger partial charge in [-0.1, -0.05) is 13.8 Å². The number of thiazole rings is 1. The lowest BCUT2D eigenvalue weighted by Gasteiger charge is -1.94. The van der Waals surface area contributed by atoms with E-state index < -0.39 is 0 Å². The number of hydrogen-bond acceptors (Lipinski definition) is 5. The average Bonchev–Trinajstić information content (AvgIpc) is 2.70. The van der Waals surface area contributed by atoms with Crippen LogP contribution in [0.5, 0.6) is 0 Å². The van der Waals surface area contributed by atoms with Crippen molar-refractivity contribution in [2.45, 2.75) is 19.8 Å². The van der Waals surface area contributed by atoms with Crippen molar-refractivity contribution >= 4 is 17.4 Å². The first-order valence-corrected chi connectivity index (χ1v) is 5.16. The summed E-state index contributed by atoms with van der Waals surface area (Å²) in [6.07, 6.45) is 3.41. The molecule has 2 N–H and O–H groups in total. The third kappa shape index (κ3) is 1.63. The second-order valence-corrected chi connectivity index (χ2v) is 4.34. The molecule has 0 spiro atoms. The monoisotopic (exact) mass is 209 g/mol. The van der Waals surface area contributed by atoms with Crippen LogP contribution in [-0.2, 0) is 0 Å². The van der Waals surface area contributed by atoms with Crippen LogP contribution in [0.2, 0.25) is 0 Å². The van der Waals surface area contributed by atoms with E-state index in [1.165, 1.54) is 0 Å². The Morgan fingerprint density at radius 2 is 2.14 bits per heavy atom. The Hall–Kier alpha value is -1.36. The molecule has 0 amide bonds. The fourth-order valence-electron chi connectivity index (χ4n) is 1.07. The predicted molar refractivity (Wildman–Crippen MR) is 56.1 cm³/mol. The Kier molecular flexibility index (Phi) is 2.25. The summed E-state index contributed by atoms with van der Waals surface area (Å²) < 4.78 is 5.20.